The molecule has 2 amide bonds. The van der Waals surface area contributed by atoms with E-state index < -0.39 is 16.7 Å². The number of nitrogens with zero attached hydrogens (tertiary/aromatic N) is 2. The minimum atomic E-state index is -0.997. The number of phenols is 1. The number of carbonyl (C=O) groups is 2. The predicted molar refractivity (Wildman–Crippen MR) is 80.0 cm³/mol. The quantitative estimate of drug-likeness (QED) is 0.210. The van der Waals surface area contributed by atoms with Gasteiger partial charge in [0.2, 0.25) is 0 Å². The summed E-state index contributed by atoms with van der Waals surface area (Å²) in [6, 6.07) is 3.33. The number of ether oxygens (including phenoxy) is 1. The Morgan fingerprint density at radius 1 is 1.43 bits per heavy atom. The SMILES string of the molecule is COCCCNC(=O)C(=O)N/N=C/c1cc([N+](=O)[O-])ccc1O. The van der Waals surface area contributed by atoms with Crippen LogP contribution < -0.4 is 10.7 Å². The summed E-state index contributed by atoms with van der Waals surface area (Å²) in [4.78, 5) is 32.8. The van der Waals surface area contributed by atoms with E-state index in [1.54, 1.807) is 0 Å². The van der Waals surface area contributed by atoms with Crippen molar-refractivity contribution in [3.8, 4) is 5.75 Å². The van der Waals surface area contributed by atoms with Gasteiger partial charge in [0.25, 0.3) is 5.69 Å². The number of nitro groups is 1. The van der Waals surface area contributed by atoms with Gasteiger partial charge in [0.15, 0.2) is 0 Å². The molecular weight excluding hydrogens is 308 g/mol. The van der Waals surface area contributed by atoms with E-state index >= 15 is 0 Å². The molecule has 1 aromatic rings. The van der Waals surface area contributed by atoms with Gasteiger partial charge in [-0.25, -0.2) is 5.43 Å². The van der Waals surface area contributed by atoms with E-state index in [2.05, 4.69) is 10.4 Å². The highest BCUT2D eigenvalue weighted by Crippen LogP contribution is 2.21. The van der Waals surface area contributed by atoms with E-state index in [1.165, 1.54) is 7.11 Å². The lowest BCUT2D eigenvalue weighted by Gasteiger charge is -2.03. The molecule has 0 saturated carbocycles. The largest absolute Gasteiger partial charge is 0.507 e. The van der Waals surface area contributed by atoms with Crippen LogP contribution in [0.25, 0.3) is 0 Å². The van der Waals surface area contributed by atoms with Gasteiger partial charge in [-0.05, 0) is 12.5 Å². The summed E-state index contributed by atoms with van der Waals surface area (Å²) in [7, 11) is 1.52. The van der Waals surface area contributed by atoms with Gasteiger partial charge in [-0.2, -0.15) is 5.10 Å². The van der Waals surface area contributed by atoms with Gasteiger partial charge in [-0.1, -0.05) is 0 Å². The van der Waals surface area contributed by atoms with Crippen molar-refractivity contribution >= 4 is 23.7 Å². The van der Waals surface area contributed by atoms with Crippen molar-refractivity contribution in [3.63, 3.8) is 0 Å². The summed E-state index contributed by atoms with van der Waals surface area (Å²) in [5.41, 5.74) is 1.74. The van der Waals surface area contributed by atoms with Gasteiger partial charge in [-0.3, -0.25) is 19.7 Å². The number of benzene rings is 1. The maximum absolute atomic E-state index is 11.4. The van der Waals surface area contributed by atoms with Gasteiger partial charge < -0.3 is 15.2 Å². The highest BCUT2D eigenvalue weighted by atomic mass is 16.6. The molecule has 0 heterocycles. The normalized spacial score (nSPS) is 10.5. The minimum Gasteiger partial charge on any atom is -0.507 e. The summed E-state index contributed by atoms with van der Waals surface area (Å²) >= 11 is 0. The van der Waals surface area contributed by atoms with Crippen molar-refractivity contribution in [2.75, 3.05) is 20.3 Å². The van der Waals surface area contributed by atoms with Crippen LogP contribution in [0, 0.1) is 10.1 Å². The first kappa shape index (κ1) is 18.0. The molecule has 0 unspecified atom stereocenters. The molecule has 3 N–H and O–H groups in total. The number of hydrogen-bond acceptors (Lipinski definition) is 7. The van der Waals surface area contributed by atoms with Gasteiger partial charge in [-0.15, -0.1) is 0 Å². The highest BCUT2D eigenvalue weighted by molar-refractivity contribution is 6.35. The number of nitrogens with one attached hydrogen (secondary N) is 2. The minimum absolute atomic E-state index is 0.0278. The molecule has 1 aromatic carbocycles. The van der Waals surface area contributed by atoms with Crippen LogP contribution in [-0.2, 0) is 14.3 Å². The molecule has 0 aliphatic heterocycles. The fraction of sp³-hybridized carbons (Fsp3) is 0.308. The number of aromatic hydroxyl groups is 1. The molecule has 0 aromatic heterocycles. The molecule has 23 heavy (non-hydrogen) atoms. The average molecular weight is 324 g/mol. The second kappa shape index (κ2) is 9.10. The molecule has 10 nitrogen and oxygen atoms in total. The summed E-state index contributed by atoms with van der Waals surface area (Å²) in [6.07, 6.45) is 1.55. The molecule has 10 heteroatoms. The Morgan fingerprint density at radius 2 is 2.17 bits per heavy atom. The number of non-ortho nitro benzene ring substituents is 1. The summed E-state index contributed by atoms with van der Waals surface area (Å²) < 4.78 is 4.79. The molecule has 0 saturated heterocycles. The van der Waals surface area contributed by atoms with Gasteiger partial charge in [0.1, 0.15) is 5.75 Å². The van der Waals surface area contributed by atoms with Crippen LogP contribution in [0.1, 0.15) is 12.0 Å². The standard InChI is InChI=1S/C13H16N4O6/c1-23-6-2-5-14-12(19)13(20)16-15-8-9-7-10(17(21)22)3-4-11(9)18/h3-4,7-8,18H,2,5-6H2,1H3,(H,14,19)(H,16,20)/b15-8+. The number of carbonyl (C=O) groups excluding carboxylic acids is 2. The van der Waals surface area contributed by atoms with E-state index in [0.717, 1.165) is 24.4 Å². The number of hydrazone groups is 1. The molecule has 0 atom stereocenters. The lowest BCUT2D eigenvalue weighted by molar-refractivity contribution is -0.384. The van der Waals surface area contributed by atoms with Gasteiger partial charge in [0, 0.05) is 38.0 Å². The number of amides is 2. The van der Waals surface area contributed by atoms with E-state index in [1.807, 2.05) is 5.43 Å². The van der Waals surface area contributed by atoms with E-state index in [-0.39, 0.29) is 23.5 Å². The first-order valence-electron chi connectivity index (χ1n) is 6.53. The van der Waals surface area contributed by atoms with E-state index in [4.69, 9.17) is 4.74 Å². The average Bonchev–Trinajstić information content (AvgIpc) is 2.52. The predicted octanol–water partition coefficient (Wildman–Crippen LogP) is -0.0968. The molecule has 0 spiro atoms. The summed E-state index contributed by atoms with van der Waals surface area (Å²) in [5, 5.41) is 26.0. The second-order valence-corrected chi connectivity index (χ2v) is 4.30. The van der Waals surface area contributed by atoms with Crippen LogP contribution in [0.5, 0.6) is 5.75 Å². The van der Waals surface area contributed by atoms with Crippen LogP contribution in [0.3, 0.4) is 0 Å². The van der Waals surface area contributed by atoms with Crippen molar-refractivity contribution in [1.82, 2.24) is 10.7 Å². The van der Waals surface area contributed by atoms with Crippen molar-refractivity contribution in [1.29, 1.82) is 0 Å². The van der Waals surface area contributed by atoms with E-state index in [9.17, 15) is 24.8 Å². The maximum Gasteiger partial charge on any atom is 0.329 e. The fourth-order valence-corrected chi connectivity index (χ4v) is 1.47. The maximum atomic E-state index is 11.4. The lowest BCUT2D eigenvalue weighted by Crippen LogP contribution is -2.38. The first-order chi connectivity index (χ1) is 11.0. The molecule has 0 fully saturated rings. The fourth-order valence-electron chi connectivity index (χ4n) is 1.47. The Kier molecular flexibility index (Phi) is 7.14. The zero-order chi connectivity index (χ0) is 17.2. The molecule has 0 aliphatic rings. The van der Waals surface area contributed by atoms with Crippen molar-refractivity contribution < 1.29 is 24.4 Å². The van der Waals surface area contributed by atoms with Gasteiger partial charge in [0.05, 0.1) is 11.1 Å². The highest BCUT2D eigenvalue weighted by Gasteiger charge is 2.12. The Labute approximate surface area is 131 Å². The molecule has 0 radical (unpaired) electrons. The number of phenolic OH excluding ortho intramolecular Hbond substituents is 1. The van der Waals surface area contributed by atoms with Crippen molar-refractivity contribution in [3.05, 3.63) is 33.9 Å². The van der Waals surface area contributed by atoms with Crippen LogP contribution in [0.15, 0.2) is 23.3 Å². The van der Waals surface area contributed by atoms with Gasteiger partial charge >= 0.3 is 11.8 Å². The molecule has 124 valence electrons. The van der Waals surface area contributed by atoms with E-state index in [0.29, 0.717) is 13.0 Å². The summed E-state index contributed by atoms with van der Waals surface area (Å²) in [6.45, 7) is 0.724. The van der Waals surface area contributed by atoms with Crippen LogP contribution in [0.4, 0.5) is 5.69 Å². The summed E-state index contributed by atoms with van der Waals surface area (Å²) in [5.74, 6) is -2.12. The van der Waals surface area contributed by atoms with Crippen LogP contribution >= 0.6 is 0 Å². The van der Waals surface area contributed by atoms with Crippen molar-refractivity contribution in [2.45, 2.75) is 6.42 Å². The topological polar surface area (TPSA) is 143 Å². The number of methoxy groups -OCH3 is 1. The van der Waals surface area contributed by atoms with Crippen molar-refractivity contribution in [2.24, 2.45) is 5.10 Å². The zero-order valence-corrected chi connectivity index (χ0v) is 12.3. The number of rotatable bonds is 7. The number of nitro benzene ring substituents is 1. The Morgan fingerprint density at radius 3 is 2.83 bits per heavy atom. The zero-order valence-electron chi connectivity index (χ0n) is 12.3. The monoisotopic (exact) mass is 324 g/mol. The third-order valence-electron chi connectivity index (χ3n) is 2.61. The molecule has 1 rings (SSSR count). The Bertz CT molecular complexity index is 616. The Balaban J connectivity index is 2.55. The van der Waals surface area contributed by atoms with Crippen LogP contribution in [-0.4, -0.2) is 48.3 Å². The molecule has 0 aliphatic carbocycles. The second-order valence-electron chi connectivity index (χ2n) is 4.30. The smallest absolute Gasteiger partial charge is 0.329 e. The third-order valence-corrected chi connectivity index (χ3v) is 2.61. The van der Waals surface area contributed by atoms with Crippen LogP contribution in [0.2, 0.25) is 0 Å². The first-order valence-corrected chi connectivity index (χ1v) is 6.53. The Hall–Kier alpha value is -3.01. The third kappa shape index (κ3) is 6.09. The molecular formula is C13H16N4O6. The number of hydrogen-bond donors (Lipinski definition) is 3. The lowest BCUT2D eigenvalue weighted by atomic mass is 10.2. The molecule has 0 bridgehead atoms.